The topological polar surface area (TPSA) is 67.2 Å². The highest BCUT2D eigenvalue weighted by Gasteiger charge is 2.21. The molecule has 1 amide bonds. The maximum absolute atomic E-state index is 14.3. The van der Waals surface area contributed by atoms with Crippen LogP contribution in [0.4, 0.5) is 4.39 Å². The maximum atomic E-state index is 14.3. The number of nitrogens with zero attached hydrogens (tertiary/aromatic N) is 3. The monoisotopic (exact) mass is 436 g/mol. The summed E-state index contributed by atoms with van der Waals surface area (Å²) in [6.07, 6.45) is 5.46. The highest BCUT2D eigenvalue weighted by atomic mass is 32.2. The SMILES string of the molecule is CCC(C)(C)SC(=NCc1ccc(F)c(-c2cncnc2)c1)NC(=O)c1ccccc1. The molecule has 1 heterocycles. The van der Waals surface area contributed by atoms with Crippen LogP contribution in [0.5, 0.6) is 0 Å². The first kappa shape index (κ1) is 22.6. The van der Waals surface area contributed by atoms with Crippen molar-refractivity contribution in [2.24, 2.45) is 4.99 Å². The van der Waals surface area contributed by atoms with E-state index in [1.54, 1.807) is 36.7 Å². The number of nitrogens with one attached hydrogen (secondary N) is 1. The van der Waals surface area contributed by atoms with Gasteiger partial charge in [0.2, 0.25) is 0 Å². The van der Waals surface area contributed by atoms with Crippen LogP contribution in [0.2, 0.25) is 0 Å². The largest absolute Gasteiger partial charge is 0.301 e. The summed E-state index contributed by atoms with van der Waals surface area (Å²) in [5.41, 5.74) is 2.41. The fourth-order valence-electron chi connectivity index (χ4n) is 2.68. The van der Waals surface area contributed by atoms with Crippen molar-refractivity contribution < 1.29 is 9.18 Å². The number of rotatable bonds is 6. The third kappa shape index (κ3) is 6.46. The summed E-state index contributed by atoms with van der Waals surface area (Å²) in [6, 6.07) is 13.9. The Morgan fingerprint density at radius 3 is 2.52 bits per heavy atom. The Hall–Kier alpha value is -3.06. The lowest BCUT2D eigenvalue weighted by molar-refractivity contribution is 0.0978. The van der Waals surface area contributed by atoms with Gasteiger partial charge in [-0.25, -0.2) is 14.4 Å². The van der Waals surface area contributed by atoms with Crippen LogP contribution in [0.1, 0.15) is 43.1 Å². The first-order chi connectivity index (χ1) is 14.9. The lowest BCUT2D eigenvalue weighted by Crippen LogP contribution is -2.32. The number of amidine groups is 1. The Morgan fingerprint density at radius 2 is 1.84 bits per heavy atom. The molecule has 0 atom stereocenters. The average molecular weight is 437 g/mol. The molecule has 2 aromatic carbocycles. The molecule has 3 aromatic rings. The predicted octanol–water partition coefficient (Wildman–Crippen LogP) is 5.49. The zero-order valence-electron chi connectivity index (χ0n) is 17.8. The van der Waals surface area contributed by atoms with E-state index < -0.39 is 0 Å². The Kier molecular flexibility index (Phi) is 7.52. The second kappa shape index (κ2) is 10.3. The molecular formula is C24H25FN4OS. The molecule has 0 radical (unpaired) electrons. The second-order valence-corrected chi connectivity index (χ2v) is 9.29. The van der Waals surface area contributed by atoms with E-state index in [1.807, 2.05) is 18.2 Å². The minimum absolute atomic E-state index is 0.0991. The van der Waals surface area contributed by atoms with Crippen LogP contribution in [-0.2, 0) is 6.54 Å². The van der Waals surface area contributed by atoms with E-state index in [-0.39, 0.29) is 16.5 Å². The minimum atomic E-state index is -0.346. The number of halogens is 1. The number of aliphatic imine (C=N–C) groups is 1. The van der Waals surface area contributed by atoms with Crippen molar-refractivity contribution in [1.29, 1.82) is 0 Å². The second-order valence-electron chi connectivity index (χ2n) is 7.60. The average Bonchev–Trinajstić information content (AvgIpc) is 2.79. The summed E-state index contributed by atoms with van der Waals surface area (Å²) in [7, 11) is 0. The van der Waals surface area contributed by atoms with Crippen molar-refractivity contribution >= 4 is 22.8 Å². The van der Waals surface area contributed by atoms with E-state index in [9.17, 15) is 9.18 Å². The van der Waals surface area contributed by atoms with E-state index in [2.05, 4.69) is 41.0 Å². The fourth-order valence-corrected chi connectivity index (χ4v) is 3.62. The molecule has 1 N–H and O–H groups in total. The molecule has 0 saturated carbocycles. The number of amides is 1. The number of hydrogen-bond acceptors (Lipinski definition) is 5. The Labute approximate surface area is 186 Å². The number of carbonyl (C=O) groups excluding carboxylic acids is 1. The van der Waals surface area contributed by atoms with Gasteiger partial charge in [-0.3, -0.25) is 9.79 Å². The Bertz CT molecular complexity index is 1060. The van der Waals surface area contributed by atoms with Gasteiger partial charge < -0.3 is 5.32 Å². The molecule has 0 unspecified atom stereocenters. The van der Waals surface area contributed by atoms with E-state index in [0.29, 0.717) is 28.4 Å². The zero-order valence-corrected chi connectivity index (χ0v) is 18.6. The highest BCUT2D eigenvalue weighted by Crippen LogP contribution is 2.29. The molecule has 3 rings (SSSR count). The van der Waals surface area contributed by atoms with E-state index in [4.69, 9.17) is 0 Å². The van der Waals surface area contributed by atoms with Crippen molar-refractivity contribution in [3.63, 3.8) is 0 Å². The normalized spacial score (nSPS) is 11.9. The summed E-state index contributed by atoms with van der Waals surface area (Å²) < 4.78 is 14.2. The quantitative estimate of drug-likeness (QED) is 0.410. The van der Waals surface area contributed by atoms with Crippen molar-refractivity contribution in [2.45, 2.75) is 38.5 Å². The molecule has 0 fully saturated rings. The molecule has 7 heteroatoms. The smallest absolute Gasteiger partial charge is 0.257 e. The van der Waals surface area contributed by atoms with Gasteiger partial charge in [0, 0.05) is 33.8 Å². The first-order valence-electron chi connectivity index (χ1n) is 10.0. The van der Waals surface area contributed by atoms with Gasteiger partial charge in [0.15, 0.2) is 5.17 Å². The summed E-state index contributed by atoms with van der Waals surface area (Å²) >= 11 is 1.52. The predicted molar refractivity (Wildman–Crippen MR) is 124 cm³/mol. The first-order valence-corrected chi connectivity index (χ1v) is 10.8. The van der Waals surface area contributed by atoms with Gasteiger partial charge in [-0.15, -0.1) is 0 Å². The summed E-state index contributed by atoms with van der Waals surface area (Å²) in [6.45, 7) is 6.61. The molecule has 0 aliphatic rings. The van der Waals surface area contributed by atoms with Crippen LogP contribution in [-0.4, -0.2) is 25.8 Å². The molecule has 31 heavy (non-hydrogen) atoms. The minimum Gasteiger partial charge on any atom is -0.301 e. The third-order valence-electron chi connectivity index (χ3n) is 4.79. The van der Waals surface area contributed by atoms with Crippen LogP contribution in [0.3, 0.4) is 0 Å². The number of aromatic nitrogens is 2. The van der Waals surface area contributed by atoms with Gasteiger partial charge in [0.25, 0.3) is 5.91 Å². The van der Waals surface area contributed by atoms with Crippen molar-refractivity contribution in [2.75, 3.05) is 0 Å². The molecular weight excluding hydrogens is 411 g/mol. The standard InChI is InChI=1S/C24H25FN4OS/c1-4-24(2,3)31-23(29-22(30)18-8-6-5-7-9-18)28-13-17-10-11-21(25)20(12-17)19-14-26-16-27-15-19/h5-12,14-16H,4,13H2,1-3H3,(H,28,29,30). The number of thioether (sulfide) groups is 1. The molecule has 0 saturated heterocycles. The molecule has 0 aliphatic heterocycles. The van der Waals surface area contributed by atoms with Crippen LogP contribution >= 0.6 is 11.8 Å². The zero-order chi connectivity index (χ0) is 22.3. The lowest BCUT2D eigenvalue weighted by atomic mass is 10.1. The van der Waals surface area contributed by atoms with Crippen LogP contribution in [0, 0.1) is 5.82 Å². The summed E-state index contributed by atoms with van der Waals surface area (Å²) in [5.74, 6) is -0.554. The van der Waals surface area contributed by atoms with Crippen molar-refractivity contribution in [3.05, 3.63) is 84.2 Å². The fraction of sp³-hybridized carbons (Fsp3) is 0.250. The molecule has 0 spiro atoms. The van der Waals surface area contributed by atoms with Crippen LogP contribution in [0.15, 0.2) is 72.2 Å². The number of benzene rings is 2. The summed E-state index contributed by atoms with van der Waals surface area (Å²) in [5, 5.41) is 3.47. The summed E-state index contributed by atoms with van der Waals surface area (Å²) in [4.78, 5) is 25.2. The molecule has 0 bridgehead atoms. The van der Waals surface area contributed by atoms with E-state index in [0.717, 1.165) is 12.0 Å². The van der Waals surface area contributed by atoms with Crippen LogP contribution < -0.4 is 5.32 Å². The van der Waals surface area contributed by atoms with E-state index >= 15 is 0 Å². The van der Waals surface area contributed by atoms with Crippen molar-refractivity contribution in [1.82, 2.24) is 15.3 Å². The van der Waals surface area contributed by atoms with Crippen molar-refractivity contribution in [3.8, 4) is 11.1 Å². The molecule has 160 valence electrons. The van der Waals surface area contributed by atoms with Gasteiger partial charge in [0.05, 0.1) is 6.54 Å². The van der Waals surface area contributed by atoms with Gasteiger partial charge in [-0.2, -0.15) is 0 Å². The number of carbonyl (C=O) groups is 1. The lowest BCUT2D eigenvalue weighted by Gasteiger charge is -2.23. The Balaban J connectivity index is 1.84. The van der Waals surface area contributed by atoms with Gasteiger partial charge >= 0.3 is 0 Å². The highest BCUT2D eigenvalue weighted by molar-refractivity contribution is 8.15. The third-order valence-corrected chi connectivity index (χ3v) is 6.05. The molecule has 5 nitrogen and oxygen atoms in total. The molecule has 0 aliphatic carbocycles. The Morgan fingerprint density at radius 1 is 1.13 bits per heavy atom. The van der Waals surface area contributed by atoms with Gasteiger partial charge in [-0.05, 0) is 36.2 Å². The maximum Gasteiger partial charge on any atom is 0.257 e. The number of hydrogen-bond donors (Lipinski definition) is 1. The van der Waals surface area contributed by atoms with Gasteiger partial charge in [0.1, 0.15) is 12.1 Å². The van der Waals surface area contributed by atoms with Crippen LogP contribution in [0.25, 0.3) is 11.1 Å². The van der Waals surface area contributed by atoms with E-state index in [1.165, 1.54) is 24.2 Å². The van der Waals surface area contributed by atoms with Gasteiger partial charge in [-0.1, -0.05) is 56.8 Å². The molecule has 1 aromatic heterocycles.